The van der Waals surface area contributed by atoms with Crippen molar-refractivity contribution in [1.82, 2.24) is 4.98 Å². The third-order valence-corrected chi connectivity index (χ3v) is 3.59. The lowest BCUT2D eigenvalue weighted by molar-refractivity contribution is -0.122. The molecule has 0 saturated carbocycles. The molecule has 1 aliphatic rings. The first-order valence-corrected chi connectivity index (χ1v) is 6.91. The van der Waals surface area contributed by atoms with Gasteiger partial charge in [-0.05, 0) is 24.3 Å². The molecule has 0 spiro atoms. The van der Waals surface area contributed by atoms with Crippen molar-refractivity contribution < 1.29 is 14.0 Å². The zero-order valence-corrected chi connectivity index (χ0v) is 11.7. The van der Waals surface area contributed by atoms with Gasteiger partial charge in [0.15, 0.2) is 0 Å². The van der Waals surface area contributed by atoms with Gasteiger partial charge in [0.05, 0.1) is 11.6 Å². The minimum absolute atomic E-state index is 0.0747. The average Bonchev–Trinajstić information content (AvgIpc) is 2.91. The maximum absolute atomic E-state index is 13.8. The van der Waals surface area contributed by atoms with Gasteiger partial charge in [0, 0.05) is 31.0 Å². The molecule has 1 fully saturated rings. The van der Waals surface area contributed by atoms with E-state index in [9.17, 15) is 14.0 Å². The van der Waals surface area contributed by atoms with E-state index in [1.54, 1.807) is 36.7 Å². The van der Waals surface area contributed by atoms with Crippen LogP contribution in [0.15, 0.2) is 48.8 Å². The zero-order chi connectivity index (χ0) is 15.5. The number of aromatic nitrogens is 1. The van der Waals surface area contributed by atoms with Crippen LogP contribution < -0.4 is 10.2 Å². The Kier molecular flexibility index (Phi) is 3.82. The summed E-state index contributed by atoms with van der Waals surface area (Å²) in [6.07, 6.45) is 3.22. The summed E-state index contributed by atoms with van der Waals surface area (Å²) in [5.41, 5.74) is 0.837. The van der Waals surface area contributed by atoms with E-state index in [0.717, 1.165) is 0 Å². The fraction of sp³-hybridized carbons (Fsp3) is 0.188. The van der Waals surface area contributed by atoms with Gasteiger partial charge in [-0.15, -0.1) is 0 Å². The monoisotopic (exact) mass is 299 g/mol. The van der Waals surface area contributed by atoms with E-state index in [-0.39, 0.29) is 30.5 Å². The highest BCUT2D eigenvalue weighted by atomic mass is 19.1. The van der Waals surface area contributed by atoms with Gasteiger partial charge in [0.1, 0.15) is 5.82 Å². The molecule has 0 radical (unpaired) electrons. The van der Waals surface area contributed by atoms with Crippen LogP contribution >= 0.6 is 0 Å². The molecule has 1 N–H and O–H groups in total. The molecule has 1 aromatic heterocycles. The topological polar surface area (TPSA) is 62.3 Å². The largest absolute Gasteiger partial charge is 0.326 e. The van der Waals surface area contributed by atoms with Crippen molar-refractivity contribution in [1.29, 1.82) is 0 Å². The number of nitrogens with one attached hydrogen (secondary N) is 1. The third-order valence-electron chi connectivity index (χ3n) is 3.59. The number of para-hydroxylation sites is 1. The van der Waals surface area contributed by atoms with Crippen molar-refractivity contribution in [3.8, 4) is 0 Å². The predicted octanol–water partition coefficient (Wildman–Crippen LogP) is 2.21. The van der Waals surface area contributed by atoms with Gasteiger partial charge < -0.3 is 10.2 Å². The summed E-state index contributed by atoms with van der Waals surface area (Å²) >= 11 is 0. The van der Waals surface area contributed by atoms with E-state index >= 15 is 0 Å². The summed E-state index contributed by atoms with van der Waals surface area (Å²) in [6, 6.07) is 9.40. The highest BCUT2D eigenvalue weighted by molar-refractivity contribution is 6.03. The van der Waals surface area contributed by atoms with E-state index in [1.807, 2.05) is 0 Å². The summed E-state index contributed by atoms with van der Waals surface area (Å²) in [7, 11) is 0. The van der Waals surface area contributed by atoms with Crippen molar-refractivity contribution in [3.63, 3.8) is 0 Å². The first kappa shape index (κ1) is 14.2. The van der Waals surface area contributed by atoms with Crippen LogP contribution in [0.4, 0.5) is 15.8 Å². The molecule has 1 atom stereocenters. The molecule has 6 heteroatoms. The molecule has 1 aliphatic heterocycles. The highest BCUT2D eigenvalue weighted by Gasteiger charge is 2.36. The second-order valence-corrected chi connectivity index (χ2v) is 5.08. The molecule has 2 amide bonds. The molecule has 2 aromatic rings. The van der Waals surface area contributed by atoms with E-state index in [4.69, 9.17) is 0 Å². The Balaban J connectivity index is 1.72. The molecule has 112 valence electrons. The number of hydrogen-bond donors (Lipinski definition) is 1. The lowest BCUT2D eigenvalue weighted by atomic mass is 10.1. The minimum Gasteiger partial charge on any atom is -0.326 e. The van der Waals surface area contributed by atoms with Crippen molar-refractivity contribution in [2.75, 3.05) is 16.8 Å². The number of nitrogens with zero attached hydrogens (tertiary/aromatic N) is 2. The molecule has 1 aromatic carbocycles. The van der Waals surface area contributed by atoms with Crippen LogP contribution in [0.2, 0.25) is 0 Å². The van der Waals surface area contributed by atoms with Gasteiger partial charge in [-0.3, -0.25) is 14.6 Å². The number of benzene rings is 1. The molecule has 0 bridgehead atoms. The minimum atomic E-state index is -0.500. The van der Waals surface area contributed by atoms with Crippen LogP contribution in [0.5, 0.6) is 0 Å². The summed E-state index contributed by atoms with van der Waals surface area (Å²) in [5, 5.41) is 2.74. The summed E-state index contributed by atoms with van der Waals surface area (Å²) in [6.45, 7) is 0.177. The van der Waals surface area contributed by atoms with Crippen molar-refractivity contribution >= 4 is 23.2 Å². The van der Waals surface area contributed by atoms with E-state index in [1.165, 1.54) is 17.0 Å². The van der Waals surface area contributed by atoms with Crippen molar-refractivity contribution in [3.05, 3.63) is 54.6 Å². The second-order valence-electron chi connectivity index (χ2n) is 5.08. The standard InChI is InChI=1S/C16H14FN3O2/c17-13-3-1-2-4-14(13)20-10-11(9-15(20)21)16(22)19-12-5-7-18-8-6-12/h1-8,11H,9-10H2,(H,18,19,22). The van der Waals surface area contributed by atoms with Crippen LogP contribution in [0.3, 0.4) is 0 Å². The Hall–Kier alpha value is -2.76. The fourth-order valence-electron chi connectivity index (χ4n) is 2.47. The maximum Gasteiger partial charge on any atom is 0.229 e. The van der Waals surface area contributed by atoms with Gasteiger partial charge >= 0.3 is 0 Å². The lowest BCUT2D eigenvalue weighted by Gasteiger charge is -2.17. The second kappa shape index (κ2) is 5.93. The Bertz CT molecular complexity index is 706. The summed E-state index contributed by atoms with van der Waals surface area (Å²) < 4.78 is 13.8. The fourth-order valence-corrected chi connectivity index (χ4v) is 2.47. The van der Waals surface area contributed by atoms with Gasteiger partial charge in [-0.25, -0.2) is 4.39 Å². The summed E-state index contributed by atoms with van der Waals surface area (Å²) in [4.78, 5) is 29.5. The molecule has 5 nitrogen and oxygen atoms in total. The quantitative estimate of drug-likeness (QED) is 0.945. The number of anilines is 2. The molecule has 2 heterocycles. The molecule has 0 aliphatic carbocycles. The zero-order valence-electron chi connectivity index (χ0n) is 11.7. The molecular weight excluding hydrogens is 285 g/mol. The van der Waals surface area contributed by atoms with E-state index < -0.39 is 11.7 Å². The Labute approximate surface area is 126 Å². The average molecular weight is 299 g/mol. The number of hydrogen-bond acceptors (Lipinski definition) is 3. The Morgan fingerprint density at radius 3 is 2.68 bits per heavy atom. The first-order chi connectivity index (χ1) is 10.6. The van der Waals surface area contributed by atoms with Crippen LogP contribution in [0.1, 0.15) is 6.42 Å². The summed E-state index contributed by atoms with van der Waals surface area (Å²) in [5.74, 6) is -1.47. The van der Waals surface area contributed by atoms with Crippen LogP contribution in [-0.2, 0) is 9.59 Å². The number of carbonyl (C=O) groups excluding carboxylic acids is 2. The van der Waals surface area contributed by atoms with Gasteiger partial charge in [0.2, 0.25) is 11.8 Å². The van der Waals surface area contributed by atoms with Gasteiger partial charge in [-0.1, -0.05) is 12.1 Å². The van der Waals surface area contributed by atoms with Crippen molar-refractivity contribution in [2.45, 2.75) is 6.42 Å². The van der Waals surface area contributed by atoms with Gasteiger partial charge in [-0.2, -0.15) is 0 Å². The Morgan fingerprint density at radius 2 is 1.95 bits per heavy atom. The first-order valence-electron chi connectivity index (χ1n) is 6.91. The molecule has 3 rings (SSSR count). The molecule has 1 saturated heterocycles. The van der Waals surface area contributed by atoms with Crippen LogP contribution in [0.25, 0.3) is 0 Å². The number of pyridine rings is 1. The van der Waals surface area contributed by atoms with Gasteiger partial charge in [0.25, 0.3) is 0 Å². The predicted molar refractivity (Wildman–Crippen MR) is 79.7 cm³/mol. The number of amides is 2. The molecular formula is C16H14FN3O2. The number of carbonyl (C=O) groups is 2. The molecule has 1 unspecified atom stereocenters. The van der Waals surface area contributed by atoms with Crippen LogP contribution in [-0.4, -0.2) is 23.3 Å². The number of rotatable bonds is 3. The van der Waals surface area contributed by atoms with Crippen molar-refractivity contribution in [2.24, 2.45) is 5.92 Å². The lowest BCUT2D eigenvalue weighted by Crippen LogP contribution is -2.28. The SMILES string of the molecule is O=C(Nc1ccncc1)C1CC(=O)N(c2ccccc2F)C1. The third kappa shape index (κ3) is 2.81. The Morgan fingerprint density at radius 1 is 1.23 bits per heavy atom. The maximum atomic E-state index is 13.8. The normalized spacial score (nSPS) is 17.6. The highest BCUT2D eigenvalue weighted by Crippen LogP contribution is 2.27. The van der Waals surface area contributed by atoms with E-state index in [0.29, 0.717) is 5.69 Å². The smallest absolute Gasteiger partial charge is 0.229 e. The van der Waals surface area contributed by atoms with Crippen LogP contribution in [0, 0.1) is 11.7 Å². The van der Waals surface area contributed by atoms with E-state index in [2.05, 4.69) is 10.3 Å². The number of halogens is 1. The molecule has 22 heavy (non-hydrogen) atoms.